The summed E-state index contributed by atoms with van der Waals surface area (Å²) in [6.45, 7) is 3.58. The zero-order valence-corrected chi connectivity index (χ0v) is 10.5. The summed E-state index contributed by atoms with van der Waals surface area (Å²) in [6.07, 6.45) is 3.89. The number of methoxy groups -OCH3 is 1. The molecule has 1 aromatic rings. The van der Waals surface area contributed by atoms with Crippen molar-refractivity contribution >= 4 is 0 Å². The van der Waals surface area contributed by atoms with E-state index in [9.17, 15) is 0 Å². The maximum atomic E-state index is 5.63. The van der Waals surface area contributed by atoms with Gasteiger partial charge in [0.05, 0.1) is 7.11 Å². The van der Waals surface area contributed by atoms with Crippen molar-refractivity contribution in [3.05, 3.63) is 29.3 Å². The topological polar surface area (TPSA) is 21.3 Å². The number of fused-ring (bicyclic) bond motifs is 4. The second-order valence-corrected chi connectivity index (χ2v) is 6.39. The highest BCUT2D eigenvalue weighted by Gasteiger charge is 2.59. The van der Waals surface area contributed by atoms with Gasteiger partial charge in [-0.05, 0) is 36.3 Å². The maximum absolute atomic E-state index is 5.63. The smallest absolute Gasteiger partial charge is 0.122 e. The first kappa shape index (κ1) is 9.95. The van der Waals surface area contributed by atoms with E-state index in [1.54, 1.807) is 12.7 Å². The van der Waals surface area contributed by atoms with Crippen LogP contribution < -0.4 is 10.1 Å². The minimum Gasteiger partial charge on any atom is -0.496 e. The van der Waals surface area contributed by atoms with Crippen LogP contribution in [0.1, 0.15) is 37.3 Å². The third-order valence-corrected chi connectivity index (χ3v) is 5.22. The van der Waals surface area contributed by atoms with Gasteiger partial charge in [0.25, 0.3) is 0 Å². The van der Waals surface area contributed by atoms with Crippen molar-refractivity contribution in [2.45, 2.75) is 43.1 Å². The predicted molar refractivity (Wildman–Crippen MR) is 67.7 cm³/mol. The molecule has 4 rings (SSSR count). The van der Waals surface area contributed by atoms with Crippen LogP contribution in [0.4, 0.5) is 0 Å². The highest BCUT2D eigenvalue weighted by atomic mass is 16.5. The first-order valence-electron chi connectivity index (χ1n) is 6.58. The summed E-state index contributed by atoms with van der Waals surface area (Å²) in [6, 6.07) is 7.32. The van der Waals surface area contributed by atoms with Crippen molar-refractivity contribution in [3.63, 3.8) is 0 Å². The van der Waals surface area contributed by atoms with Crippen LogP contribution >= 0.6 is 0 Å². The molecule has 1 N–H and O–H groups in total. The molecule has 0 aromatic heterocycles. The molecule has 2 nitrogen and oxygen atoms in total. The zero-order valence-electron chi connectivity index (χ0n) is 10.5. The average molecular weight is 229 g/mol. The van der Waals surface area contributed by atoms with E-state index in [2.05, 4.69) is 30.4 Å². The number of benzene rings is 1. The van der Waals surface area contributed by atoms with Gasteiger partial charge in [0.15, 0.2) is 0 Å². The molecule has 3 bridgehead atoms. The van der Waals surface area contributed by atoms with E-state index in [0.29, 0.717) is 16.9 Å². The Morgan fingerprint density at radius 3 is 3.06 bits per heavy atom. The molecule has 1 saturated heterocycles. The fourth-order valence-corrected chi connectivity index (χ4v) is 4.83. The average Bonchev–Trinajstić information content (AvgIpc) is 2.73. The molecule has 1 spiro atoms. The van der Waals surface area contributed by atoms with Gasteiger partial charge >= 0.3 is 0 Å². The molecule has 1 aromatic carbocycles. The van der Waals surface area contributed by atoms with E-state index in [1.165, 1.54) is 24.8 Å². The van der Waals surface area contributed by atoms with Crippen LogP contribution in [0.3, 0.4) is 0 Å². The Bertz CT molecular complexity index is 498. The molecule has 0 radical (unpaired) electrons. The van der Waals surface area contributed by atoms with Crippen LogP contribution in [0.15, 0.2) is 18.2 Å². The van der Waals surface area contributed by atoms with Gasteiger partial charge in [-0.2, -0.15) is 0 Å². The predicted octanol–water partition coefficient (Wildman–Crippen LogP) is 2.36. The van der Waals surface area contributed by atoms with E-state index in [0.717, 1.165) is 12.3 Å². The van der Waals surface area contributed by atoms with Crippen molar-refractivity contribution in [1.29, 1.82) is 0 Å². The Morgan fingerprint density at radius 2 is 2.24 bits per heavy atom. The van der Waals surface area contributed by atoms with E-state index in [4.69, 9.17) is 4.74 Å². The van der Waals surface area contributed by atoms with Crippen LogP contribution in [0.25, 0.3) is 0 Å². The van der Waals surface area contributed by atoms with Crippen LogP contribution in [-0.2, 0) is 10.8 Å². The molecule has 3 atom stereocenters. The van der Waals surface area contributed by atoms with Crippen molar-refractivity contribution in [2.24, 2.45) is 0 Å². The van der Waals surface area contributed by atoms with Crippen LogP contribution in [0.2, 0.25) is 0 Å². The molecule has 1 aliphatic heterocycles. The van der Waals surface area contributed by atoms with E-state index in [1.807, 2.05) is 0 Å². The molecule has 90 valence electrons. The van der Waals surface area contributed by atoms with Gasteiger partial charge in [0.2, 0.25) is 0 Å². The van der Waals surface area contributed by atoms with Crippen molar-refractivity contribution in [2.75, 3.05) is 13.7 Å². The monoisotopic (exact) mass is 229 g/mol. The Balaban J connectivity index is 2.03. The van der Waals surface area contributed by atoms with Gasteiger partial charge in [0.1, 0.15) is 5.75 Å². The fourth-order valence-electron chi connectivity index (χ4n) is 4.83. The number of rotatable bonds is 1. The van der Waals surface area contributed by atoms with Gasteiger partial charge in [-0.1, -0.05) is 19.1 Å². The standard InChI is InChI=1S/C15H19NO/c1-14-6-10-7-15(8-14,9-16-10)13-11(14)4-3-5-12(13)17-2/h3-5,10,16H,6-9H2,1-2H3. The summed E-state index contributed by atoms with van der Waals surface area (Å²) in [4.78, 5) is 0. The summed E-state index contributed by atoms with van der Waals surface area (Å²) >= 11 is 0. The van der Waals surface area contributed by atoms with Crippen molar-refractivity contribution in [3.8, 4) is 5.75 Å². The lowest BCUT2D eigenvalue weighted by atomic mass is 9.68. The maximum Gasteiger partial charge on any atom is 0.122 e. The second-order valence-electron chi connectivity index (χ2n) is 6.39. The lowest BCUT2D eigenvalue weighted by Crippen LogP contribution is -2.34. The molecule has 3 unspecified atom stereocenters. The van der Waals surface area contributed by atoms with Gasteiger partial charge < -0.3 is 10.1 Å². The Hall–Kier alpha value is -1.02. The summed E-state index contributed by atoms with van der Waals surface area (Å²) < 4.78 is 5.63. The minimum absolute atomic E-state index is 0.361. The summed E-state index contributed by atoms with van der Waals surface area (Å²) in [5.74, 6) is 1.11. The first-order valence-corrected chi connectivity index (χ1v) is 6.58. The minimum atomic E-state index is 0.361. The highest BCUT2D eigenvalue weighted by Crippen LogP contribution is 2.61. The number of hydrogen-bond acceptors (Lipinski definition) is 2. The van der Waals surface area contributed by atoms with Gasteiger partial charge in [-0.25, -0.2) is 0 Å². The highest BCUT2D eigenvalue weighted by molar-refractivity contribution is 5.56. The second kappa shape index (κ2) is 2.86. The van der Waals surface area contributed by atoms with Crippen molar-refractivity contribution < 1.29 is 4.74 Å². The Labute approximate surface area is 102 Å². The van der Waals surface area contributed by atoms with Crippen LogP contribution in [-0.4, -0.2) is 19.7 Å². The number of nitrogens with one attached hydrogen (secondary N) is 1. The van der Waals surface area contributed by atoms with Crippen molar-refractivity contribution in [1.82, 2.24) is 5.32 Å². The summed E-state index contributed by atoms with van der Waals surface area (Å²) in [5, 5.41) is 3.70. The largest absolute Gasteiger partial charge is 0.496 e. The lowest BCUT2D eigenvalue weighted by molar-refractivity contribution is 0.268. The number of hydrogen-bond donors (Lipinski definition) is 1. The Morgan fingerprint density at radius 1 is 1.35 bits per heavy atom. The third-order valence-electron chi connectivity index (χ3n) is 5.22. The summed E-state index contributed by atoms with van der Waals surface area (Å²) in [7, 11) is 1.80. The van der Waals surface area contributed by atoms with Gasteiger partial charge in [-0.3, -0.25) is 0 Å². The molecular formula is C15H19NO. The molecule has 1 heterocycles. The zero-order chi connectivity index (χ0) is 11.7. The molecule has 3 aliphatic rings. The van der Waals surface area contributed by atoms with Gasteiger partial charge in [-0.15, -0.1) is 0 Å². The first-order chi connectivity index (χ1) is 8.17. The van der Waals surface area contributed by atoms with E-state index < -0.39 is 0 Å². The van der Waals surface area contributed by atoms with E-state index >= 15 is 0 Å². The van der Waals surface area contributed by atoms with Crippen LogP contribution in [0, 0.1) is 0 Å². The normalized spacial score (nSPS) is 41.4. The quantitative estimate of drug-likeness (QED) is 0.798. The van der Waals surface area contributed by atoms with Crippen LogP contribution in [0.5, 0.6) is 5.75 Å². The van der Waals surface area contributed by atoms with E-state index in [-0.39, 0.29) is 0 Å². The molecule has 2 aliphatic carbocycles. The third kappa shape index (κ3) is 1.05. The fraction of sp³-hybridized carbons (Fsp3) is 0.600. The van der Waals surface area contributed by atoms with Gasteiger partial charge in [0, 0.05) is 23.6 Å². The molecular weight excluding hydrogens is 210 g/mol. The molecule has 17 heavy (non-hydrogen) atoms. The number of ether oxygens (including phenoxy) is 1. The molecule has 2 fully saturated rings. The molecule has 0 amide bonds. The lowest BCUT2D eigenvalue weighted by Gasteiger charge is -2.35. The Kier molecular flexibility index (Phi) is 1.68. The molecule has 1 saturated carbocycles. The molecule has 2 heteroatoms. The summed E-state index contributed by atoms with van der Waals surface area (Å²) in [5.41, 5.74) is 3.80. The SMILES string of the molecule is COc1cccc2c1C13CNC(CC2(C)C1)C3.